The van der Waals surface area contributed by atoms with E-state index in [0.29, 0.717) is 23.1 Å². The Kier molecular flexibility index (Phi) is 7.51. The fourth-order valence-electron chi connectivity index (χ4n) is 3.46. The molecule has 1 unspecified atom stereocenters. The Morgan fingerprint density at radius 3 is 2.22 bits per heavy atom. The van der Waals surface area contributed by atoms with Gasteiger partial charge in [-0.2, -0.15) is 0 Å². The van der Waals surface area contributed by atoms with Crippen LogP contribution in [-0.4, -0.2) is 32.1 Å². The van der Waals surface area contributed by atoms with Crippen molar-refractivity contribution in [2.45, 2.75) is 52.5 Å². The lowest BCUT2D eigenvalue weighted by molar-refractivity contribution is -0.131. The van der Waals surface area contributed by atoms with Gasteiger partial charge in [-0.25, -0.2) is 0 Å². The highest BCUT2D eigenvalue weighted by molar-refractivity contribution is 5.97. The minimum absolute atomic E-state index is 0.0105. The number of amides is 2. The van der Waals surface area contributed by atoms with E-state index in [9.17, 15) is 9.59 Å². The van der Waals surface area contributed by atoms with Crippen molar-refractivity contribution in [1.29, 1.82) is 0 Å². The van der Waals surface area contributed by atoms with Crippen LogP contribution in [0.2, 0.25) is 0 Å². The Morgan fingerprint density at radius 1 is 1.04 bits per heavy atom. The molecule has 0 radical (unpaired) electrons. The fraction of sp³-hybridized carbons (Fsp3) is 0.619. The van der Waals surface area contributed by atoms with Crippen molar-refractivity contribution in [3.05, 3.63) is 18.2 Å². The molecule has 2 amide bonds. The van der Waals surface area contributed by atoms with E-state index in [1.54, 1.807) is 32.4 Å². The number of ether oxygens (including phenoxy) is 2. The Morgan fingerprint density at radius 2 is 1.67 bits per heavy atom. The third kappa shape index (κ3) is 5.62. The van der Waals surface area contributed by atoms with Gasteiger partial charge in [-0.05, 0) is 49.7 Å². The molecular formula is C21H32N2O4. The topological polar surface area (TPSA) is 76.7 Å². The first-order valence-corrected chi connectivity index (χ1v) is 9.69. The number of nitrogens with one attached hydrogen (secondary N) is 2. The van der Waals surface area contributed by atoms with Crippen LogP contribution >= 0.6 is 0 Å². The molecule has 1 aromatic rings. The van der Waals surface area contributed by atoms with Crippen molar-refractivity contribution in [2.75, 3.05) is 19.5 Å². The molecule has 0 bridgehead atoms. The second-order valence-corrected chi connectivity index (χ2v) is 7.75. The second-order valence-electron chi connectivity index (χ2n) is 7.75. The molecule has 0 aromatic heterocycles. The average molecular weight is 376 g/mol. The molecule has 0 heterocycles. The molecule has 0 saturated heterocycles. The molecule has 150 valence electrons. The van der Waals surface area contributed by atoms with Crippen molar-refractivity contribution >= 4 is 17.5 Å². The Labute approximate surface area is 162 Å². The molecule has 6 nitrogen and oxygen atoms in total. The molecule has 1 fully saturated rings. The number of anilines is 1. The standard InChI is InChI=1S/C21H32N2O4/c1-13(2)19(23-20(24)15-8-6-14(3)7-9-15)21(25)22-16-10-11-17(26-4)18(12-16)27-5/h10-15,19H,6-9H2,1-5H3,(H,22,25)(H,23,24). The molecule has 1 aliphatic rings. The molecule has 1 aliphatic carbocycles. The van der Waals surface area contributed by atoms with E-state index in [1.807, 2.05) is 13.8 Å². The zero-order valence-electron chi connectivity index (χ0n) is 17.0. The Balaban J connectivity index is 2.03. The molecule has 2 rings (SSSR count). The third-order valence-corrected chi connectivity index (χ3v) is 5.28. The number of hydrogen-bond acceptors (Lipinski definition) is 4. The summed E-state index contributed by atoms with van der Waals surface area (Å²) in [4.78, 5) is 25.4. The van der Waals surface area contributed by atoms with Crippen LogP contribution in [0.1, 0.15) is 46.5 Å². The fourth-order valence-corrected chi connectivity index (χ4v) is 3.46. The number of methoxy groups -OCH3 is 2. The maximum atomic E-state index is 12.8. The zero-order chi connectivity index (χ0) is 20.0. The third-order valence-electron chi connectivity index (χ3n) is 5.28. The van der Waals surface area contributed by atoms with Crippen LogP contribution in [0.3, 0.4) is 0 Å². The molecule has 0 aliphatic heterocycles. The summed E-state index contributed by atoms with van der Waals surface area (Å²) in [6, 6.07) is 4.62. The minimum Gasteiger partial charge on any atom is -0.493 e. The SMILES string of the molecule is COc1ccc(NC(=O)C(NC(=O)C2CCC(C)CC2)C(C)C)cc1OC. The van der Waals surface area contributed by atoms with Gasteiger partial charge in [-0.3, -0.25) is 9.59 Å². The van der Waals surface area contributed by atoms with Crippen LogP contribution in [0.4, 0.5) is 5.69 Å². The van der Waals surface area contributed by atoms with E-state index in [-0.39, 0.29) is 23.7 Å². The van der Waals surface area contributed by atoms with Gasteiger partial charge in [0.2, 0.25) is 11.8 Å². The van der Waals surface area contributed by atoms with E-state index in [1.165, 1.54) is 0 Å². The maximum absolute atomic E-state index is 12.8. The summed E-state index contributed by atoms with van der Waals surface area (Å²) < 4.78 is 10.5. The van der Waals surface area contributed by atoms with Crippen molar-refractivity contribution in [1.82, 2.24) is 5.32 Å². The number of benzene rings is 1. The lowest BCUT2D eigenvalue weighted by Gasteiger charge is -2.28. The van der Waals surface area contributed by atoms with Gasteiger partial charge >= 0.3 is 0 Å². The second kappa shape index (κ2) is 9.62. The quantitative estimate of drug-likeness (QED) is 0.762. The predicted molar refractivity (Wildman–Crippen MR) is 106 cm³/mol. The molecule has 1 atom stereocenters. The highest BCUT2D eigenvalue weighted by Crippen LogP contribution is 2.30. The Hall–Kier alpha value is -2.24. The number of rotatable bonds is 7. The molecule has 1 aromatic carbocycles. The maximum Gasteiger partial charge on any atom is 0.247 e. The highest BCUT2D eigenvalue weighted by atomic mass is 16.5. The van der Waals surface area contributed by atoms with Gasteiger partial charge in [0.1, 0.15) is 6.04 Å². The monoisotopic (exact) mass is 376 g/mol. The number of carbonyl (C=O) groups is 2. The molecule has 6 heteroatoms. The van der Waals surface area contributed by atoms with E-state index >= 15 is 0 Å². The van der Waals surface area contributed by atoms with Crippen molar-refractivity contribution in [3.8, 4) is 11.5 Å². The van der Waals surface area contributed by atoms with Gasteiger partial charge in [0, 0.05) is 17.7 Å². The van der Waals surface area contributed by atoms with E-state index in [2.05, 4.69) is 17.6 Å². The summed E-state index contributed by atoms with van der Waals surface area (Å²) in [7, 11) is 3.11. The van der Waals surface area contributed by atoms with Crippen LogP contribution < -0.4 is 20.1 Å². The van der Waals surface area contributed by atoms with E-state index in [0.717, 1.165) is 25.7 Å². The van der Waals surface area contributed by atoms with Crippen molar-refractivity contribution in [2.24, 2.45) is 17.8 Å². The average Bonchev–Trinajstić information content (AvgIpc) is 2.65. The van der Waals surface area contributed by atoms with Gasteiger partial charge in [0.05, 0.1) is 14.2 Å². The largest absolute Gasteiger partial charge is 0.493 e. The highest BCUT2D eigenvalue weighted by Gasteiger charge is 2.30. The van der Waals surface area contributed by atoms with Crippen LogP contribution in [0.15, 0.2) is 18.2 Å². The van der Waals surface area contributed by atoms with Crippen LogP contribution in [0.25, 0.3) is 0 Å². The first-order chi connectivity index (χ1) is 12.8. The van der Waals surface area contributed by atoms with Gasteiger partial charge in [0.15, 0.2) is 11.5 Å². The van der Waals surface area contributed by atoms with Crippen molar-refractivity contribution < 1.29 is 19.1 Å². The van der Waals surface area contributed by atoms with Crippen LogP contribution in [0, 0.1) is 17.8 Å². The molecule has 0 spiro atoms. The summed E-state index contributed by atoms with van der Waals surface area (Å²) >= 11 is 0. The summed E-state index contributed by atoms with van der Waals surface area (Å²) in [5.41, 5.74) is 0.601. The van der Waals surface area contributed by atoms with Gasteiger partial charge in [-0.15, -0.1) is 0 Å². The van der Waals surface area contributed by atoms with E-state index < -0.39 is 6.04 Å². The normalized spacial score (nSPS) is 20.7. The van der Waals surface area contributed by atoms with Gasteiger partial charge in [-0.1, -0.05) is 20.8 Å². The van der Waals surface area contributed by atoms with Crippen molar-refractivity contribution in [3.63, 3.8) is 0 Å². The molecule has 2 N–H and O–H groups in total. The smallest absolute Gasteiger partial charge is 0.247 e. The van der Waals surface area contributed by atoms with Crippen LogP contribution in [-0.2, 0) is 9.59 Å². The molecule has 1 saturated carbocycles. The zero-order valence-corrected chi connectivity index (χ0v) is 17.0. The first-order valence-electron chi connectivity index (χ1n) is 9.69. The predicted octanol–water partition coefficient (Wildman–Crippen LogP) is 3.61. The first kappa shape index (κ1) is 21.1. The summed E-state index contributed by atoms with van der Waals surface area (Å²) in [6.45, 7) is 6.09. The number of hydrogen-bond donors (Lipinski definition) is 2. The van der Waals surface area contributed by atoms with Gasteiger partial charge < -0.3 is 20.1 Å². The van der Waals surface area contributed by atoms with E-state index in [4.69, 9.17) is 9.47 Å². The lowest BCUT2D eigenvalue weighted by atomic mass is 9.82. The molecular weight excluding hydrogens is 344 g/mol. The van der Waals surface area contributed by atoms with Crippen LogP contribution in [0.5, 0.6) is 11.5 Å². The summed E-state index contributed by atoms with van der Waals surface area (Å²) in [6.07, 6.45) is 3.94. The summed E-state index contributed by atoms with van der Waals surface area (Å²) in [5.74, 6) is 1.57. The number of carbonyl (C=O) groups excluding carboxylic acids is 2. The minimum atomic E-state index is -0.579. The lowest BCUT2D eigenvalue weighted by Crippen LogP contribution is -2.49. The summed E-state index contributed by atoms with van der Waals surface area (Å²) in [5, 5.41) is 5.84. The molecule has 27 heavy (non-hydrogen) atoms. The Bertz CT molecular complexity index is 652. The van der Waals surface area contributed by atoms with Gasteiger partial charge in [0.25, 0.3) is 0 Å².